The summed E-state index contributed by atoms with van der Waals surface area (Å²) in [6.45, 7) is 3.45. The smallest absolute Gasteiger partial charge is 0.405 e. The third kappa shape index (κ3) is 2.16. The summed E-state index contributed by atoms with van der Waals surface area (Å²) in [5, 5.41) is 20.4. The van der Waals surface area contributed by atoms with Gasteiger partial charge in [-0.2, -0.15) is 0 Å². The van der Waals surface area contributed by atoms with Crippen molar-refractivity contribution in [3.05, 3.63) is 29.3 Å². The van der Waals surface area contributed by atoms with Gasteiger partial charge in [-0.15, -0.1) is 0 Å². The van der Waals surface area contributed by atoms with Crippen LogP contribution in [0, 0.1) is 6.92 Å². The van der Waals surface area contributed by atoms with E-state index in [0.717, 1.165) is 5.56 Å². The number of phenolic OH excluding ortho intramolecular Hbond substituents is 1. The van der Waals surface area contributed by atoms with Gasteiger partial charge in [0.1, 0.15) is 5.75 Å². The Morgan fingerprint density at radius 3 is 2.71 bits per heavy atom. The minimum absolute atomic E-state index is 0.147. The third-order valence-electron chi connectivity index (χ3n) is 2.08. The molecule has 3 N–H and O–H groups in total. The second kappa shape index (κ2) is 4.00. The molecule has 0 aliphatic heterocycles. The van der Waals surface area contributed by atoms with E-state index in [4.69, 9.17) is 5.11 Å². The first-order valence-corrected chi connectivity index (χ1v) is 4.30. The van der Waals surface area contributed by atoms with Gasteiger partial charge in [-0.25, -0.2) is 4.79 Å². The van der Waals surface area contributed by atoms with Gasteiger partial charge in [0.2, 0.25) is 0 Å². The van der Waals surface area contributed by atoms with Crippen molar-refractivity contribution in [2.24, 2.45) is 0 Å². The minimum Gasteiger partial charge on any atom is -0.507 e. The molecule has 0 aliphatic rings. The number of nitrogens with one attached hydrogen (secondary N) is 1. The second-order valence-corrected chi connectivity index (χ2v) is 3.18. The highest BCUT2D eigenvalue weighted by Crippen LogP contribution is 2.26. The number of hydrogen-bond donors (Lipinski definition) is 3. The highest BCUT2D eigenvalue weighted by Gasteiger charge is 2.12. The van der Waals surface area contributed by atoms with Gasteiger partial charge < -0.3 is 15.5 Å². The zero-order valence-electron chi connectivity index (χ0n) is 8.11. The van der Waals surface area contributed by atoms with Crippen molar-refractivity contribution in [3.63, 3.8) is 0 Å². The van der Waals surface area contributed by atoms with Gasteiger partial charge in [0, 0.05) is 5.56 Å². The van der Waals surface area contributed by atoms with Gasteiger partial charge in [0.05, 0.1) is 6.04 Å². The van der Waals surface area contributed by atoms with Crippen LogP contribution in [0.5, 0.6) is 5.75 Å². The number of amides is 1. The molecule has 0 bridgehead atoms. The Bertz CT molecular complexity index is 349. The first kappa shape index (κ1) is 10.4. The second-order valence-electron chi connectivity index (χ2n) is 3.18. The van der Waals surface area contributed by atoms with E-state index in [0.29, 0.717) is 5.56 Å². The molecule has 1 amide bonds. The Labute approximate surface area is 82.2 Å². The standard InChI is InChI=1S/C10H13NO3/c1-6-4-3-5-8(9(6)12)7(2)11-10(13)14/h3-5,7,11-12H,1-2H3,(H,13,14)/t7-/m1/s1. The summed E-state index contributed by atoms with van der Waals surface area (Å²) in [5.74, 6) is 0.147. The number of benzene rings is 1. The molecule has 0 saturated heterocycles. The topological polar surface area (TPSA) is 69.6 Å². The Kier molecular flexibility index (Phi) is 2.96. The zero-order chi connectivity index (χ0) is 10.7. The first-order chi connectivity index (χ1) is 6.52. The lowest BCUT2D eigenvalue weighted by Gasteiger charge is -2.14. The SMILES string of the molecule is Cc1cccc([C@@H](C)NC(=O)O)c1O. The molecule has 1 rings (SSSR count). The van der Waals surface area contributed by atoms with Crippen LogP contribution in [0.4, 0.5) is 4.79 Å². The van der Waals surface area contributed by atoms with Gasteiger partial charge in [-0.05, 0) is 19.4 Å². The molecule has 0 aliphatic carbocycles. The predicted molar refractivity (Wildman–Crippen MR) is 52.4 cm³/mol. The quantitative estimate of drug-likeness (QED) is 0.676. The van der Waals surface area contributed by atoms with Gasteiger partial charge in [-0.3, -0.25) is 0 Å². The monoisotopic (exact) mass is 195 g/mol. The number of hydrogen-bond acceptors (Lipinski definition) is 2. The molecule has 1 aromatic carbocycles. The van der Waals surface area contributed by atoms with E-state index in [9.17, 15) is 9.90 Å². The fourth-order valence-corrected chi connectivity index (χ4v) is 1.29. The number of aryl methyl sites for hydroxylation is 1. The largest absolute Gasteiger partial charge is 0.507 e. The van der Waals surface area contributed by atoms with Crippen LogP contribution in [0.2, 0.25) is 0 Å². The summed E-state index contributed by atoms with van der Waals surface area (Å²) < 4.78 is 0. The maximum atomic E-state index is 10.4. The summed E-state index contributed by atoms with van der Waals surface area (Å²) in [4.78, 5) is 10.4. The Morgan fingerprint density at radius 2 is 2.14 bits per heavy atom. The fourth-order valence-electron chi connectivity index (χ4n) is 1.29. The molecule has 0 unspecified atom stereocenters. The number of rotatable bonds is 2. The molecule has 4 nitrogen and oxygen atoms in total. The molecule has 1 aromatic rings. The maximum Gasteiger partial charge on any atom is 0.405 e. The van der Waals surface area contributed by atoms with Crippen molar-refractivity contribution < 1.29 is 15.0 Å². The Hall–Kier alpha value is -1.71. The van der Waals surface area contributed by atoms with Crippen LogP contribution in [-0.4, -0.2) is 16.3 Å². The van der Waals surface area contributed by atoms with Crippen LogP contribution >= 0.6 is 0 Å². The first-order valence-electron chi connectivity index (χ1n) is 4.30. The number of carboxylic acid groups (broad SMARTS) is 1. The number of carbonyl (C=O) groups is 1. The van der Waals surface area contributed by atoms with Crippen LogP contribution in [0.1, 0.15) is 24.1 Å². The summed E-state index contributed by atoms with van der Waals surface area (Å²) in [6.07, 6.45) is -1.10. The Balaban J connectivity index is 2.95. The van der Waals surface area contributed by atoms with Crippen molar-refractivity contribution in [2.75, 3.05) is 0 Å². The molecular formula is C10H13NO3. The Morgan fingerprint density at radius 1 is 1.50 bits per heavy atom. The normalized spacial score (nSPS) is 12.1. The van der Waals surface area contributed by atoms with Gasteiger partial charge in [0.15, 0.2) is 0 Å². The number of phenols is 1. The molecule has 0 spiro atoms. The molecule has 1 atom stereocenters. The van der Waals surface area contributed by atoms with E-state index in [1.54, 1.807) is 32.0 Å². The lowest BCUT2D eigenvalue weighted by Crippen LogP contribution is -2.24. The molecule has 0 aromatic heterocycles. The van der Waals surface area contributed by atoms with Gasteiger partial charge in [-0.1, -0.05) is 18.2 Å². The van der Waals surface area contributed by atoms with Crippen LogP contribution in [0.15, 0.2) is 18.2 Å². The van der Waals surface area contributed by atoms with E-state index in [2.05, 4.69) is 5.32 Å². The molecule has 0 heterocycles. The van der Waals surface area contributed by atoms with Crippen molar-refractivity contribution >= 4 is 6.09 Å². The van der Waals surface area contributed by atoms with E-state index in [1.807, 2.05) is 0 Å². The van der Waals surface area contributed by atoms with Gasteiger partial charge >= 0.3 is 6.09 Å². The third-order valence-corrected chi connectivity index (χ3v) is 2.08. The lowest BCUT2D eigenvalue weighted by molar-refractivity contribution is 0.190. The molecule has 14 heavy (non-hydrogen) atoms. The summed E-state index contributed by atoms with van der Waals surface area (Å²) in [7, 11) is 0. The molecule has 4 heteroatoms. The lowest BCUT2D eigenvalue weighted by atomic mass is 10.0. The molecule has 0 radical (unpaired) electrons. The molecular weight excluding hydrogens is 182 g/mol. The van der Waals surface area contributed by atoms with Crippen molar-refractivity contribution in [3.8, 4) is 5.75 Å². The van der Waals surface area contributed by atoms with Gasteiger partial charge in [0.25, 0.3) is 0 Å². The molecule has 0 saturated carbocycles. The van der Waals surface area contributed by atoms with Crippen LogP contribution < -0.4 is 5.32 Å². The predicted octanol–water partition coefficient (Wildman–Crippen LogP) is 2.03. The summed E-state index contributed by atoms with van der Waals surface area (Å²) >= 11 is 0. The van der Waals surface area contributed by atoms with E-state index < -0.39 is 12.1 Å². The van der Waals surface area contributed by atoms with Crippen LogP contribution in [0.25, 0.3) is 0 Å². The summed E-state index contributed by atoms with van der Waals surface area (Å²) in [5.41, 5.74) is 1.33. The highest BCUT2D eigenvalue weighted by molar-refractivity contribution is 5.65. The highest BCUT2D eigenvalue weighted by atomic mass is 16.4. The van der Waals surface area contributed by atoms with Crippen molar-refractivity contribution in [1.29, 1.82) is 0 Å². The van der Waals surface area contributed by atoms with Crippen molar-refractivity contribution in [2.45, 2.75) is 19.9 Å². The van der Waals surface area contributed by atoms with Crippen LogP contribution in [-0.2, 0) is 0 Å². The van der Waals surface area contributed by atoms with Crippen LogP contribution in [0.3, 0.4) is 0 Å². The summed E-state index contributed by atoms with van der Waals surface area (Å²) in [6, 6.07) is 4.84. The number of aromatic hydroxyl groups is 1. The molecule has 0 fully saturated rings. The van der Waals surface area contributed by atoms with E-state index in [-0.39, 0.29) is 5.75 Å². The van der Waals surface area contributed by atoms with E-state index in [1.165, 1.54) is 0 Å². The van der Waals surface area contributed by atoms with E-state index >= 15 is 0 Å². The fraction of sp³-hybridized carbons (Fsp3) is 0.300. The minimum atomic E-state index is -1.10. The maximum absolute atomic E-state index is 10.4. The molecule has 76 valence electrons. The average molecular weight is 195 g/mol. The average Bonchev–Trinajstić information content (AvgIpc) is 2.08. The number of para-hydroxylation sites is 1. The van der Waals surface area contributed by atoms with Crippen molar-refractivity contribution in [1.82, 2.24) is 5.32 Å². The zero-order valence-corrected chi connectivity index (χ0v) is 8.11.